The zero-order valence-corrected chi connectivity index (χ0v) is 11.8. The van der Waals surface area contributed by atoms with E-state index < -0.39 is 0 Å². The first-order valence-corrected chi connectivity index (χ1v) is 7.72. The lowest BCUT2D eigenvalue weighted by molar-refractivity contribution is -0.0548. The summed E-state index contributed by atoms with van der Waals surface area (Å²) in [6.45, 7) is 2.76. The lowest BCUT2D eigenvalue weighted by atomic mass is 10.2. The molecule has 0 aliphatic carbocycles. The molecule has 2 atom stereocenters. The molecule has 4 heterocycles. The molecule has 0 spiro atoms. The third kappa shape index (κ3) is 2.02. The van der Waals surface area contributed by atoms with E-state index >= 15 is 0 Å². The van der Waals surface area contributed by atoms with Crippen molar-refractivity contribution in [1.82, 2.24) is 15.0 Å². The highest BCUT2D eigenvalue weighted by molar-refractivity contribution is 7.14. The summed E-state index contributed by atoms with van der Waals surface area (Å²) in [7, 11) is 0. The number of hydrogen-bond donors (Lipinski definition) is 1. The lowest BCUT2D eigenvalue weighted by Gasteiger charge is -2.33. The van der Waals surface area contributed by atoms with Gasteiger partial charge in [-0.2, -0.15) is 4.98 Å². The van der Waals surface area contributed by atoms with Crippen LogP contribution in [0, 0.1) is 0 Å². The number of nitrogens with zero attached hydrogens (tertiary/aromatic N) is 3. The van der Waals surface area contributed by atoms with Gasteiger partial charge in [0.05, 0.1) is 12.3 Å². The van der Waals surface area contributed by atoms with Crippen LogP contribution in [0.4, 0.5) is 5.69 Å². The third-order valence-corrected chi connectivity index (χ3v) is 4.93. The molecule has 2 aromatic rings. The van der Waals surface area contributed by atoms with E-state index in [0.717, 1.165) is 24.6 Å². The van der Waals surface area contributed by atoms with Gasteiger partial charge in [0.1, 0.15) is 11.0 Å². The highest BCUT2D eigenvalue weighted by Gasteiger charge is 2.35. The van der Waals surface area contributed by atoms with Crippen molar-refractivity contribution in [2.24, 2.45) is 0 Å². The number of hydrogen-bond acceptors (Lipinski definition) is 7. The smallest absolute Gasteiger partial charge is 0.270 e. The normalized spacial score (nSPS) is 26.8. The predicted molar refractivity (Wildman–Crippen MR) is 75.3 cm³/mol. The van der Waals surface area contributed by atoms with Crippen LogP contribution in [0.5, 0.6) is 0 Å². The van der Waals surface area contributed by atoms with Crippen molar-refractivity contribution in [3.05, 3.63) is 17.3 Å². The van der Waals surface area contributed by atoms with Gasteiger partial charge in [-0.25, -0.2) is 0 Å². The Hall–Kier alpha value is -1.44. The van der Waals surface area contributed by atoms with Gasteiger partial charge in [0.2, 0.25) is 5.82 Å². The van der Waals surface area contributed by atoms with E-state index in [1.165, 1.54) is 24.2 Å². The fourth-order valence-electron chi connectivity index (χ4n) is 2.92. The van der Waals surface area contributed by atoms with Gasteiger partial charge in [-0.15, -0.1) is 11.3 Å². The topological polar surface area (TPSA) is 77.4 Å². The second kappa shape index (κ2) is 4.83. The van der Waals surface area contributed by atoms with Gasteiger partial charge in [0.25, 0.3) is 5.89 Å². The van der Waals surface area contributed by atoms with E-state index in [0.29, 0.717) is 23.4 Å². The Labute approximate surface area is 120 Å². The monoisotopic (exact) mass is 292 g/mol. The lowest BCUT2D eigenvalue weighted by Crippen LogP contribution is -2.42. The summed E-state index contributed by atoms with van der Waals surface area (Å²) >= 11 is 1.51. The van der Waals surface area contributed by atoms with Gasteiger partial charge in [-0.05, 0) is 30.8 Å². The van der Waals surface area contributed by atoms with E-state index in [4.69, 9.17) is 15.0 Å². The minimum absolute atomic E-state index is 0.0944. The number of aromatic nitrogens is 2. The summed E-state index contributed by atoms with van der Waals surface area (Å²) in [5.41, 5.74) is 6.55. The van der Waals surface area contributed by atoms with Crippen molar-refractivity contribution in [3.63, 3.8) is 0 Å². The van der Waals surface area contributed by atoms with Crippen molar-refractivity contribution in [1.29, 1.82) is 0 Å². The van der Waals surface area contributed by atoms with Crippen LogP contribution in [0.3, 0.4) is 0 Å². The summed E-state index contributed by atoms with van der Waals surface area (Å²) in [6.07, 6.45) is 2.39. The van der Waals surface area contributed by atoms with E-state index in [1.807, 2.05) is 11.4 Å². The maximum absolute atomic E-state index is 5.88. The van der Waals surface area contributed by atoms with Crippen molar-refractivity contribution >= 4 is 17.0 Å². The van der Waals surface area contributed by atoms with Gasteiger partial charge in [0.15, 0.2) is 0 Å². The molecule has 2 N–H and O–H groups in total. The molecule has 6 nitrogen and oxygen atoms in total. The van der Waals surface area contributed by atoms with Gasteiger partial charge >= 0.3 is 0 Å². The number of ether oxygens (including phenoxy) is 1. The average Bonchev–Trinajstić information content (AvgIpc) is 3.17. The molecule has 0 aromatic carbocycles. The van der Waals surface area contributed by atoms with E-state index in [2.05, 4.69) is 15.0 Å². The van der Waals surface area contributed by atoms with Gasteiger partial charge in [-0.1, -0.05) is 5.16 Å². The number of fused-ring (bicyclic) bond motifs is 1. The molecule has 2 fully saturated rings. The summed E-state index contributed by atoms with van der Waals surface area (Å²) in [4.78, 5) is 7.75. The van der Waals surface area contributed by atoms with Gasteiger partial charge < -0.3 is 15.0 Å². The highest BCUT2D eigenvalue weighted by atomic mass is 32.1. The molecule has 0 saturated carbocycles. The van der Waals surface area contributed by atoms with Crippen molar-refractivity contribution in [2.75, 3.05) is 25.4 Å². The summed E-state index contributed by atoms with van der Waals surface area (Å²) in [5, 5.41) is 5.98. The minimum atomic E-state index is -0.0944. The Morgan fingerprint density at radius 3 is 3.25 bits per heavy atom. The molecular formula is C13H16N4O2S. The molecule has 4 rings (SSSR count). The zero-order chi connectivity index (χ0) is 13.5. The summed E-state index contributed by atoms with van der Waals surface area (Å²) in [5.74, 6) is 1.11. The number of nitrogen functional groups attached to an aromatic ring is 1. The van der Waals surface area contributed by atoms with Crippen LogP contribution in [0.25, 0.3) is 10.8 Å². The third-order valence-electron chi connectivity index (χ3n) is 4.01. The Balaban J connectivity index is 1.55. The highest BCUT2D eigenvalue weighted by Crippen LogP contribution is 2.33. The van der Waals surface area contributed by atoms with Gasteiger partial charge in [0, 0.05) is 12.6 Å². The molecule has 0 radical (unpaired) electrons. The SMILES string of the molecule is Nc1ccsc1-c1nc(C2CN3CCCC3CO2)no1. The van der Waals surface area contributed by atoms with Crippen molar-refractivity contribution < 1.29 is 9.26 Å². The average molecular weight is 292 g/mol. The maximum atomic E-state index is 5.88. The first-order valence-electron chi connectivity index (χ1n) is 6.84. The number of rotatable bonds is 2. The molecule has 20 heavy (non-hydrogen) atoms. The predicted octanol–water partition coefficient (Wildman–Crippen LogP) is 1.92. The zero-order valence-electron chi connectivity index (χ0n) is 11.0. The molecule has 2 aliphatic heterocycles. The number of anilines is 1. The van der Waals surface area contributed by atoms with Crippen LogP contribution in [0.2, 0.25) is 0 Å². The standard InChI is InChI=1S/C13H16N4O2S/c14-9-3-5-20-11(9)13-15-12(16-19-13)10-6-17-4-1-2-8(17)7-18-10/h3,5,8,10H,1-2,4,6-7,14H2. The second-order valence-electron chi connectivity index (χ2n) is 5.28. The molecule has 0 amide bonds. The van der Waals surface area contributed by atoms with Crippen LogP contribution in [0.15, 0.2) is 16.0 Å². The molecule has 7 heteroatoms. The van der Waals surface area contributed by atoms with Crippen LogP contribution in [-0.2, 0) is 4.74 Å². The van der Waals surface area contributed by atoms with E-state index in [1.54, 1.807) is 0 Å². The minimum Gasteiger partial charge on any atom is -0.397 e. The summed E-state index contributed by atoms with van der Waals surface area (Å²) < 4.78 is 11.2. The van der Waals surface area contributed by atoms with Crippen LogP contribution in [0.1, 0.15) is 24.8 Å². The van der Waals surface area contributed by atoms with Crippen LogP contribution in [-0.4, -0.2) is 40.8 Å². The fraction of sp³-hybridized carbons (Fsp3) is 0.538. The molecule has 2 saturated heterocycles. The van der Waals surface area contributed by atoms with E-state index in [-0.39, 0.29) is 6.10 Å². The van der Waals surface area contributed by atoms with Crippen LogP contribution >= 0.6 is 11.3 Å². The Morgan fingerprint density at radius 2 is 2.40 bits per heavy atom. The molecule has 2 aromatic heterocycles. The quantitative estimate of drug-likeness (QED) is 0.911. The van der Waals surface area contributed by atoms with E-state index in [9.17, 15) is 0 Å². The molecule has 106 valence electrons. The summed E-state index contributed by atoms with van der Waals surface area (Å²) in [6, 6.07) is 2.42. The Bertz CT molecular complexity index is 611. The van der Waals surface area contributed by atoms with Crippen molar-refractivity contribution in [2.45, 2.75) is 25.0 Å². The number of thiophene rings is 1. The first-order chi connectivity index (χ1) is 9.81. The molecule has 2 unspecified atom stereocenters. The fourth-order valence-corrected chi connectivity index (χ4v) is 3.66. The molecule has 0 bridgehead atoms. The number of morpholine rings is 1. The molecule has 2 aliphatic rings. The Kier molecular flexibility index (Phi) is 2.98. The first kappa shape index (κ1) is 12.3. The van der Waals surface area contributed by atoms with Gasteiger partial charge in [-0.3, -0.25) is 4.90 Å². The Morgan fingerprint density at radius 1 is 1.45 bits per heavy atom. The largest absolute Gasteiger partial charge is 0.397 e. The molecular weight excluding hydrogens is 276 g/mol. The maximum Gasteiger partial charge on any atom is 0.270 e. The van der Waals surface area contributed by atoms with Crippen LogP contribution < -0.4 is 5.73 Å². The second-order valence-corrected chi connectivity index (χ2v) is 6.19. The number of nitrogens with two attached hydrogens (primary N) is 1. The van der Waals surface area contributed by atoms with Crippen molar-refractivity contribution in [3.8, 4) is 10.8 Å².